The van der Waals surface area contributed by atoms with Gasteiger partial charge in [0.2, 0.25) is 5.95 Å². The lowest BCUT2D eigenvalue weighted by molar-refractivity contribution is -0.152. The van der Waals surface area contributed by atoms with Crippen molar-refractivity contribution in [1.29, 1.82) is 0 Å². The molecule has 0 radical (unpaired) electrons. The second-order valence-electron chi connectivity index (χ2n) is 13.5. The Bertz CT molecular complexity index is 1580. The average Bonchev–Trinajstić information content (AvgIpc) is 3.35. The molecule has 11 heteroatoms. The van der Waals surface area contributed by atoms with Crippen LogP contribution in [0.15, 0.2) is 36.7 Å². The van der Waals surface area contributed by atoms with Crippen LogP contribution in [0.25, 0.3) is 11.8 Å². The minimum Gasteiger partial charge on any atom is -0.507 e. The number of aromatic hydroxyl groups is 1. The van der Waals surface area contributed by atoms with Crippen molar-refractivity contribution in [2.24, 2.45) is 17.1 Å². The summed E-state index contributed by atoms with van der Waals surface area (Å²) in [5.74, 6) is 0.653. The summed E-state index contributed by atoms with van der Waals surface area (Å²) >= 11 is 0. The number of rotatable bonds is 6. The summed E-state index contributed by atoms with van der Waals surface area (Å²) in [6, 6.07) is 7.62. The fraction of sp³-hybridized carbons (Fsp3) is 0.500. The summed E-state index contributed by atoms with van der Waals surface area (Å²) in [5, 5.41) is 19.6. The van der Waals surface area contributed by atoms with Crippen molar-refractivity contribution in [3.63, 3.8) is 0 Å². The normalized spacial score (nSPS) is 27.3. The quantitative estimate of drug-likeness (QED) is 0.273. The Morgan fingerprint density at radius 1 is 1.07 bits per heavy atom. The highest BCUT2D eigenvalue weighted by Gasteiger charge is 2.49. The molecular formula is C34H44N8O3. The van der Waals surface area contributed by atoms with Gasteiger partial charge in [-0.1, -0.05) is 12.1 Å². The largest absolute Gasteiger partial charge is 0.507 e. The number of hydrogen-bond acceptors (Lipinski definition) is 9. The number of nitrogen functional groups attached to an aromatic ring is 1. The number of aliphatic carboxylic acids is 1. The number of anilines is 3. The molecule has 238 valence electrons. The van der Waals surface area contributed by atoms with Crippen molar-refractivity contribution in [2.75, 3.05) is 48.3 Å². The van der Waals surface area contributed by atoms with Crippen LogP contribution in [0.2, 0.25) is 0 Å². The second kappa shape index (κ2) is 11.6. The first-order valence-corrected chi connectivity index (χ1v) is 16.3. The van der Waals surface area contributed by atoms with E-state index in [-0.39, 0.29) is 17.7 Å². The summed E-state index contributed by atoms with van der Waals surface area (Å²) in [6.45, 7) is 6.86. The minimum absolute atomic E-state index is 0.0234. The van der Waals surface area contributed by atoms with Crippen molar-refractivity contribution in [3.05, 3.63) is 59.0 Å². The van der Waals surface area contributed by atoms with Crippen molar-refractivity contribution in [2.45, 2.75) is 64.0 Å². The van der Waals surface area contributed by atoms with Crippen LogP contribution in [0.3, 0.4) is 0 Å². The molecule has 3 aromatic rings. The number of carboxylic acid groups (broad SMARTS) is 1. The number of carboxylic acids is 1. The van der Waals surface area contributed by atoms with Gasteiger partial charge in [0.05, 0.1) is 30.0 Å². The third-order valence-corrected chi connectivity index (χ3v) is 11.0. The number of carbonyl (C=O) groups is 1. The lowest BCUT2D eigenvalue weighted by atomic mass is 9.55. The number of phenolic OH excluding ortho intramolecular Hbond substituents is 1. The molecule has 0 amide bonds. The Labute approximate surface area is 263 Å². The zero-order valence-electron chi connectivity index (χ0n) is 26.0. The van der Waals surface area contributed by atoms with Crippen LogP contribution in [0.1, 0.15) is 73.9 Å². The van der Waals surface area contributed by atoms with E-state index in [0.29, 0.717) is 34.5 Å². The van der Waals surface area contributed by atoms with Gasteiger partial charge in [-0.25, -0.2) is 9.97 Å². The zero-order valence-corrected chi connectivity index (χ0v) is 26.0. The molecular weight excluding hydrogens is 568 g/mol. The number of hydrogen-bond donors (Lipinski definition) is 5. The topological polar surface area (TPSA) is 161 Å². The van der Waals surface area contributed by atoms with Crippen LogP contribution in [0.4, 0.5) is 17.5 Å². The Kier molecular flexibility index (Phi) is 7.59. The maximum atomic E-state index is 11.3. The molecule has 2 aliphatic carbocycles. The van der Waals surface area contributed by atoms with E-state index in [4.69, 9.17) is 21.4 Å². The fourth-order valence-electron chi connectivity index (χ4n) is 8.36. The van der Waals surface area contributed by atoms with Crippen LogP contribution in [-0.4, -0.2) is 74.8 Å². The average molecular weight is 613 g/mol. The maximum absolute atomic E-state index is 11.3. The van der Waals surface area contributed by atoms with Crippen LogP contribution in [-0.2, 0) is 11.2 Å². The Morgan fingerprint density at radius 2 is 1.76 bits per heavy atom. The highest BCUT2D eigenvalue weighted by atomic mass is 16.4. The Balaban J connectivity index is 0.977. The van der Waals surface area contributed by atoms with E-state index in [1.54, 1.807) is 18.2 Å². The predicted molar refractivity (Wildman–Crippen MR) is 176 cm³/mol. The van der Waals surface area contributed by atoms with Gasteiger partial charge >= 0.3 is 5.97 Å². The molecule has 1 spiro atoms. The molecule has 1 saturated heterocycles. The molecule has 3 fully saturated rings. The summed E-state index contributed by atoms with van der Waals surface area (Å²) in [6.07, 6.45) is 13.0. The first-order chi connectivity index (χ1) is 21.7. The fourth-order valence-corrected chi connectivity index (χ4v) is 8.36. The lowest BCUT2D eigenvalue weighted by Gasteiger charge is -2.52. The molecule has 4 heterocycles. The van der Waals surface area contributed by atoms with Crippen LogP contribution >= 0.6 is 0 Å². The van der Waals surface area contributed by atoms with E-state index >= 15 is 0 Å². The van der Waals surface area contributed by atoms with E-state index in [0.717, 1.165) is 74.5 Å². The summed E-state index contributed by atoms with van der Waals surface area (Å²) in [4.78, 5) is 31.5. The molecule has 45 heavy (non-hydrogen) atoms. The van der Waals surface area contributed by atoms with Gasteiger partial charge in [0, 0.05) is 73.3 Å². The monoisotopic (exact) mass is 612 g/mol. The molecule has 7 rings (SSSR count). The van der Waals surface area contributed by atoms with Crippen molar-refractivity contribution in [1.82, 2.24) is 19.9 Å². The molecule has 2 saturated carbocycles. The lowest BCUT2D eigenvalue weighted by Crippen LogP contribution is -2.53. The minimum atomic E-state index is -0.615. The molecule has 4 aliphatic rings. The van der Waals surface area contributed by atoms with Gasteiger partial charge in [-0.15, -0.1) is 0 Å². The molecule has 2 aromatic heterocycles. The summed E-state index contributed by atoms with van der Waals surface area (Å²) < 4.78 is 0. The van der Waals surface area contributed by atoms with Gasteiger partial charge in [0.25, 0.3) is 0 Å². The van der Waals surface area contributed by atoms with Crippen molar-refractivity contribution < 1.29 is 15.0 Å². The number of H-pyrrole nitrogens is 1. The molecule has 2 aliphatic heterocycles. The highest BCUT2D eigenvalue weighted by Crippen LogP contribution is 2.55. The first-order valence-electron chi connectivity index (χ1n) is 16.3. The highest BCUT2D eigenvalue weighted by molar-refractivity contribution is 5.86. The van der Waals surface area contributed by atoms with Gasteiger partial charge in [-0.3, -0.25) is 9.69 Å². The van der Waals surface area contributed by atoms with E-state index in [2.05, 4.69) is 26.6 Å². The molecule has 1 aromatic carbocycles. The number of aromatic nitrogens is 3. The number of para-hydroxylation sites is 1. The van der Waals surface area contributed by atoms with Gasteiger partial charge in [0.1, 0.15) is 11.6 Å². The molecule has 1 unspecified atom stereocenters. The van der Waals surface area contributed by atoms with Gasteiger partial charge in [0.15, 0.2) is 0 Å². The van der Waals surface area contributed by atoms with Gasteiger partial charge in [-0.2, -0.15) is 0 Å². The first kappa shape index (κ1) is 29.5. The SMILES string of the molecule is CC1c2c([nH]c(N)c2/C=C(\N)c2ccccc2O)CCN1c1ncc(N2CCN(C3CCC4(CC3)CC(C(=O)O)C4)CC2)cn1. The van der Waals surface area contributed by atoms with Gasteiger partial charge in [-0.05, 0) is 69.1 Å². The number of nitrogens with zero attached hydrogens (tertiary/aromatic N) is 5. The Morgan fingerprint density at radius 3 is 2.42 bits per heavy atom. The molecule has 1 atom stereocenters. The van der Waals surface area contributed by atoms with Crippen LogP contribution in [0, 0.1) is 11.3 Å². The van der Waals surface area contributed by atoms with Crippen molar-refractivity contribution >= 4 is 35.2 Å². The van der Waals surface area contributed by atoms with Gasteiger partial charge < -0.3 is 36.5 Å². The predicted octanol–water partition coefficient (Wildman–Crippen LogP) is 4.22. The van der Waals surface area contributed by atoms with E-state index in [1.165, 1.54) is 25.7 Å². The number of benzene rings is 1. The molecule has 7 N–H and O–H groups in total. The van der Waals surface area contributed by atoms with Crippen molar-refractivity contribution in [3.8, 4) is 5.75 Å². The third kappa shape index (κ3) is 5.47. The maximum Gasteiger partial charge on any atom is 0.306 e. The number of nitrogens with one attached hydrogen (secondary N) is 1. The van der Waals surface area contributed by atoms with E-state index in [9.17, 15) is 15.0 Å². The number of piperazine rings is 1. The van der Waals surface area contributed by atoms with Crippen LogP contribution in [0.5, 0.6) is 5.75 Å². The standard InChI is InChI=1S/C34H44N8O3/c1-21-30-26(16-27(35)25-4-2-3-5-29(25)43)31(36)39-28(30)8-11-42(21)33-37-19-24(20-38-33)41-14-12-40(13-15-41)23-6-9-34(10-7-23)17-22(18-34)32(44)45/h2-5,16,19-23,39,43H,6-15,17-18,35-36H2,1H3,(H,44,45)/b27-16-. The molecule has 0 bridgehead atoms. The third-order valence-electron chi connectivity index (χ3n) is 11.0. The second-order valence-corrected chi connectivity index (χ2v) is 13.5. The number of phenols is 1. The smallest absolute Gasteiger partial charge is 0.306 e. The number of nitrogens with two attached hydrogens (primary N) is 2. The molecule has 11 nitrogen and oxygen atoms in total. The van der Waals surface area contributed by atoms with E-state index in [1.807, 2.05) is 24.5 Å². The Hall–Kier alpha value is -4.25. The summed E-state index contributed by atoms with van der Waals surface area (Å²) in [7, 11) is 0. The summed E-state index contributed by atoms with van der Waals surface area (Å²) in [5.41, 5.74) is 18.2. The number of fused-ring (bicyclic) bond motifs is 1. The van der Waals surface area contributed by atoms with Crippen LogP contribution < -0.4 is 21.3 Å². The number of aromatic amines is 1. The zero-order chi connectivity index (χ0) is 31.3. The van der Waals surface area contributed by atoms with E-state index < -0.39 is 5.97 Å².